The molecule has 0 spiro atoms. The Balaban J connectivity index is 1.66. The average Bonchev–Trinajstić information content (AvgIpc) is 3.11. The van der Waals surface area contributed by atoms with Gasteiger partial charge in [0.25, 0.3) is 5.56 Å². The van der Waals surface area contributed by atoms with Crippen LogP contribution in [0, 0.1) is 12.3 Å². The molecule has 2 rings (SSSR count). The van der Waals surface area contributed by atoms with Gasteiger partial charge in [0.1, 0.15) is 6.23 Å². The molecule has 31 heavy (non-hydrogen) atoms. The highest BCUT2D eigenvalue weighted by molar-refractivity contribution is 8.13. The lowest BCUT2D eigenvalue weighted by atomic mass is 10.00. The number of aromatic nitrogens is 2. The third-order valence-electron chi connectivity index (χ3n) is 4.70. The van der Waals surface area contributed by atoms with Crippen LogP contribution in [0.2, 0.25) is 0 Å². The molecule has 1 aromatic rings. The fourth-order valence-corrected chi connectivity index (χ4v) is 4.33. The number of aromatic amines is 1. The molecule has 1 fully saturated rings. The molecule has 0 aliphatic carbocycles. The van der Waals surface area contributed by atoms with Crippen molar-refractivity contribution in [2.45, 2.75) is 65.9 Å². The van der Waals surface area contributed by atoms with Crippen LogP contribution < -0.4 is 11.2 Å². The van der Waals surface area contributed by atoms with Gasteiger partial charge in [0, 0.05) is 29.3 Å². The Bertz CT molecular complexity index is 836. The van der Waals surface area contributed by atoms with Gasteiger partial charge in [-0.15, -0.1) is 0 Å². The van der Waals surface area contributed by atoms with Gasteiger partial charge in [-0.05, 0) is 13.3 Å². The van der Waals surface area contributed by atoms with Crippen molar-refractivity contribution < 1.29 is 23.3 Å². The lowest BCUT2D eigenvalue weighted by Crippen LogP contribution is -2.33. The summed E-state index contributed by atoms with van der Waals surface area (Å²) < 4.78 is 24.2. The van der Waals surface area contributed by atoms with Crippen molar-refractivity contribution in [2.24, 2.45) is 5.41 Å². The van der Waals surface area contributed by atoms with Gasteiger partial charge in [0.2, 0.25) is 0 Å². The highest BCUT2D eigenvalue weighted by Crippen LogP contribution is 2.35. The van der Waals surface area contributed by atoms with Crippen molar-refractivity contribution >= 4 is 25.9 Å². The zero-order valence-electron chi connectivity index (χ0n) is 18.8. The Hall–Kier alpha value is -1.03. The van der Waals surface area contributed by atoms with E-state index in [0.717, 1.165) is 6.42 Å². The van der Waals surface area contributed by atoms with Crippen molar-refractivity contribution in [1.82, 2.24) is 9.55 Å². The highest BCUT2D eigenvalue weighted by atomic mass is 32.2. The number of ether oxygens (including phenoxy) is 2. The highest BCUT2D eigenvalue weighted by Gasteiger charge is 2.36. The predicted molar refractivity (Wildman–Crippen MR) is 122 cm³/mol. The minimum absolute atomic E-state index is 0.157. The fraction of sp³-hybridized carbons (Fsp3) is 0.750. The summed E-state index contributed by atoms with van der Waals surface area (Å²) in [4.78, 5) is 37.8. The summed E-state index contributed by atoms with van der Waals surface area (Å²) >= 11 is 1.29. The number of rotatable bonds is 11. The molecule has 2 heterocycles. The molecule has 11 heteroatoms. The van der Waals surface area contributed by atoms with E-state index >= 15 is 0 Å². The molecule has 1 saturated heterocycles. The van der Waals surface area contributed by atoms with Crippen molar-refractivity contribution in [1.29, 1.82) is 0 Å². The number of thioether (sulfide) groups is 1. The standard InChI is InChI=1S/C20H33N2O7PS/c1-6-14-15(11-16(28-14)22-12-13(2)17(23)21-19(22)25)29-30-27-8-7-26-9-10-31-18(24)20(3,4)5/h12,14-16,30H,6-11H2,1-5H3,(H,21,23,25)/t14-,15?,16-/m1/s1. The van der Waals surface area contributed by atoms with Crippen molar-refractivity contribution in [3.63, 3.8) is 0 Å². The Morgan fingerprint density at radius 2 is 2.06 bits per heavy atom. The summed E-state index contributed by atoms with van der Waals surface area (Å²) in [5, 5.41) is 0.157. The van der Waals surface area contributed by atoms with Crippen LogP contribution in [0.5, 0.6) is 0 Å². The van der Waals surface area contributed by atoms with E-state index in [1.54, 1.807) is 6.92 Å². The largest absolute Gasteiger partial charge is 0.378 e. The number of aryl methyl sites for hydroxylation is 1. The maximum absolute atomic E-state index is 12.1. The molecule has 4 atom stereocenters. The van der Waals surface area contributed by atoms with Gasteiger partial charge in [-0.1, -0.05) is 39.5 Å². The molecule has 0 radical (unpaired) electrons. The fourth-order valence-electron chi connectivity index (χ4n) is 2.91. The Morgan fingerprint density at radius 3 is 2.74 bits per heavy atom. The van der Waals surface area contributed by atoms with E-state index in [1.807, 2.05) is 27.7 Å². The van der Waals surface area contributed by atoms with Gasteiger partial charge >= 0.3 is 5.69 Å². The topological polar surface area (TPSA) is 109 Å². The average molecular weight is 477 g/mol. The molecule has 0 bridgehead atoms. The summed E-state index contributed by atoms with van der Waals surface area (Å²) in [7, 11) is -0.169. The Morgan fingerprint density at radius 1 is 1.32 bits per heavy atom. The van der Waals surface area contributed by atoms with Crippen LogP contribution in [0.4, 0.5) is 0 Å². The molecule has 1 aromatic heterocycles. The van der Waals surface area contributed by atoms with Crippen LogP contribution >= 0.6 is 20.8 Å². The normalized spacial score (nSPS) is 21.9. The third-order valence-corrected chi connectivity index (χ3v) is 6.67. The first-order chi connectivity index (χ1) is 14.6. The molecule has 176 valence electrons. The number of nitrogens with zero attached hydrogens (tertiary/aromatic N) is 1. The van der Waals surface area contributed by atoms with Crippen LogP contribution in [-0.2, 0) is 23.3 Å². The van der Waals surface area contributed by atoms with E-state index in [-0.39, 0.29) is 31.8 Å². The van der Waals surface area contributed by atoms with Gasteiger partial charge in [-0.2, -0.15) is 0 Å². The van der Waals surface area contributed by atoms with Crippen LogP contribution in [0.25, 0.3) is 0 Å². The number of carbonyl (C=O) groups is 1. The third kappa shape index (κ3) is 8.11. The second-order valence-corrected chi connectivity index (χ2v) is 10.1. The van der Waals surface area contributed by atoms with E-state index in [1.165, 1.54) is 22.5 Å². The first-order valence-electron chi connectivity index (χ1n) is 10.4. The molecule has 2 unspecified atom stereocenters. The van der Waals surface area contributed by atoms with E-state index < -0.39 is 17.5 Å². The van der Waals surface area contributed by atoms with Crippen LogP contribution in [0.15, 0.2) is 15.8 Å². The SMILES string of the molecule is CC[C@H]1O[C@@H](n2cc(C)c(=O)[nH]c2=O)CC1OPOCCOCCSC(=O)C(C)(C)C. The maximum Gasteiger partial charge on any atom is 0.330 e. The molecule has 0 aromatic carbocycles. The van der Waals surface area contributed by atoms with Gasteiger partial charge in [-0.3, -0.25) is 19.1 Å². The lowest BCUT2D eigenvalue weighted by molar-refractivity contribution is -0.117. The summed E-state index contributed by atoms with van der Waals surface area (Å²) in [5.74, 6) is 0.622. The number of nitrogens with one attached hydrogen (secondary N) is 1. The zero-order chi connectivity index (χ0) is 23.0. The first kappa shape index (κ1) is 26.2. The quantitative estimate of drug-likeness (QED) is 0.384. The second kappa shape index (κ2) is 12.3. The molecular formula is C20H33N2O7PS. The maximum atomic E-state index is 12.1. The Kier molecular flexibility index (Phi) is 10.4. The van der Waals surface area contributed by atoms with Crippen molar-refractivity contribution in [3.8, 4) is 0 Å². The van der Waals surface area contributed by atoms with Crippen molar-refractivity contribution in [3.05, 3.63) is 32.6 Å². The van der Waals surface area contributed by atoms with E-state index in [0.29, 0.717) is 37.6 Å². The smallest absolute Gasteiger partial charge is 0.330 e. The zero-order valence-corrected chi connectivity index (χ0v) is 20.6. The number of hydrogen-bond acceptors (Lipinski definition) is 8. The molecule has 1 aliphatic heterocycles. The van der Waals surface area contributed by atoms with Crippen LogP contribution in [0.1, 0.15) is 52.3 Å². The first-order valence-corrected chi connectivity index (χ1v) is 12.2. The summed E-state index contributed by atoms with van der Waals surface area (Å²) in [6.07, 6.45) is 1.90. The number of carbonyl (C=O) groups excluding carboxylic acids is 1. The minimum Gasteiger partial charge on any atom is -0.378 e. The second-order valence-electron chi connectivity index (χ2n) is 8.34. The summed E-state index contributed by atoms with van der Waals surface area (Å²) in [6, 6.07) is 0. The minimum atomic E-state index is -0.491. The van der Waals surface area contributed by atoms with E-state index in [4.69, 9.17) is 18.5 Å². The van der Waals surface area contributed by atoms with Gasteiger partial charge in [0.05, 0.1) is 32.0 Å². The Labute approximate surface area is 188 Å². The van der Waals surface area contributed by atoms with Gasteiger partial charge in [0.15, 0.2) is 14.1 Å². The predicted octanol–water partition coefficient (Wildman–Crippen LogP) is 2.78. The molecule has 1 aliphatic rings. The summed E-state index contributed by atoms with van der Waals surface area (Å²) in [5.41, 5.74) is -0.771. The van der Waals surface area contributed by atoms with Gasteiger partial charge in [-0.25, -0.2) is 4.79 Å². The number of H-pyrrole nitrogens is 1. The molecule has 0 amide bonds. The lowest BCUT2D eigenvalue weighted by Gasteiger charge is -2.17. The summed E-state index contributed by atoms with van der Waals surface area (Å²) in [6.45, 7) is 10.6. The van der Waals surface area contributed by atoms with Gasteiger partial charge < -0.3 is 18.5 Å². The van der Waals surface area contributed by atoms with E-state index in [9.17, 15) is 14.4 Å². The monoisotopic (exact) mass is 476 g/mol. The number of hydrogen-bond donors (Lipinski definition) is 1. The van der Waals surface area contributed by atoms with Crippen molar-refractivity contribution in [2.75, 3.05) is 25.6 Å². The van der Waals surface area contributed by atoms with Crippen LogP contribution in [-0.4, -0.2) is 52.4 Å². The molecule has 1 N–H and O–H groups in total. The molecule has 9 nitrogen and oxygen atoms in total. The van der Waals surface area contributed by atoms with E-state index in [2.05, 4.69) is 4.98 Å². The molecule has 0 saturated carbocycles. The molecular weight excluding hydrogens is 443 g/mol. The van der Waals surface area contributed by atoms with Crippen LogP contribution in [0.3, 0.4) is 0 Å².